The number of ether oxygens (including phenoxy) is 4. The minimum Gasteiger partial charge on any atom is -0.508 e. The molecule has 0 bridgehead atoms. The Hall–Kier alpha value is -7.14. The van der Waals surface area contributed by atoms with E-state index in [-0.39, 0.29) is 29.4 Å². The van der Waals surface area contributed by atoms with E-state index < -0.39 is 53.8 Å². The fraction of sp³-hybridized carbons (Fsp3) is 0.196. The highest BCUT2D eigenvalue weighted by atomic mass is 32.2. The van der Waals surface area contributed by atoms with Crippen molar-refractivity contribution in [1.82, 2.24) is 30.4 Å². The molecule has 15 nitrogen and oxygen atoms in total. The summed E-state index contributed by atoms with van der Waals surface area (Å²) in [5, 5.41) is 24.8. The molecule has 2 amide bonds. The molecule has 3 atom stereocenters. The molecule has 8 rings (SSSR count). The minimum absolute atomic E-state index is 0.0983. The Bertz CT molecular complexity index is 2500. The smallest absolute Gasteiger partial charge is 0.356 e. The van der Waals surface area contributed by atoms with Gasteiger partial charge >= 0.3 is 11.9 Å². The van der Waals surface area contributed by atoms with Gasteiger partial charge < -0.3 is 29.4 Å². The molecule has 0 spiro atoms. The molecular formula is C46H40N6O9S. The number of nitrogens with zero attached hydrogens (tertiary/aromatic N) is 5. The van der Waals surface area contributed by atoms with Crippen molar-refractivity contribution in [1.29, 1.82) is 0 Å². The summed E-state index contributed by atoms with van der Waals surface area (Å²) >= 11 is 1.22. The van der Waals surface area contributed by atoms with E-state index in [1.54, 1.807) is 31.3 Å². The highest BCUT2D eigenvalue weighted by Gasteiger charge is 2.68. The molecule has 0 saturated carbocycles. The Morgan fingerprint density at radius 1 is 0.790 bits per heavy atom. The largest absolute Gasteiger partial charge is 0.508 e. The third-order valence-corrected chi connectivity index (χ3v) is 11.6. The number of carbonyl (C=O) groups is 4. The summed E-state index contributed by atoms with van der Waals surface area (Å²) in [6.07, 6.45) is -3.13. The van der Waals surface area contributed by atoms with Crippen molar-refractivity contribution in [2.75, 3.05) is 19.5 Å². The molecule has 2 aliphatic heterocycles. The molecule has 1 unspecified atom stereocenters. The topological polar surface area (TPSA) is 184 Å². The number of rotatable bonds is 15. The number of fused-ring (bicyclic) bond motifs is 1. The fourth-order valence-electron chi connectivity index (χ4n) is 7.37. The fourth-order valence-corrected chi connectivity index (χ4v) is 8.21. The molecule has 0 radical (unpaired) electrons. The van der Waals surface area contributed by atoms with Crippen LogP contribution >= 0.6 is 11.8 Å². The zero-order valence-corrected chi connectivity index (χ0v) is 34.3. The first-order chi connectivity index (χ1) is 30.2. The van der Waals surface area contributed by atoms with E-state index in [1.165, 1.54) is 47.8 Å². The van der Waals surface area contributed by atoms with Crippen molar-refractivity contribution in [3.8, 4) is 5.75 Å². The number of hydrogen-bond acceptors (Lipinski definition) is 13. The van der Waals surface area contributed by atoms with Crippen LogP contribution in [0.25, 0.3) is 0 Å². The van der Waals surface area contributed by atoms with Gasteiger partial charge in [0.15, 0.2) is 24.4 Å². The number of carbonyl (C=O) groups excluding carboxylic acids is 4. The Labute approximate surface area is 360 Å². The summed E-state index contributed by atoms with van der Waals surface area (Å²) in [6, 6.07) is 42.0. The van der Waals surface area contributed by atoms with Crippen LogP contribution < -0.4 is 5.32 Å². The summed E-state index contributed by atoms with van der Waals surface area (Å²) in [4.78, 5) is 59.3. The number of esters is 2. The Balaban J connectivity index is 1.11. The molecule has 2 aliphatic rings. The number of thioether (sulfide) groups is 1. The summed E-state index contributed by atoms with van der Waals surface area (Å²) in [5.74, 6) is -5.22. The number of β-lactam (4-membered cyclic amide) rings is 1. The van der Waals surface area contributed by atoms with Crippen molar-refractivity contribution in [2.24, 2.45) is 7.05 Å². The Kier molecular flexibility index (Phi) is 12.2. The number of aromatic nitrogens is 4. The molecule has 16 heteroatoms. The number of nitrogens with one attached hydrogen (secondary N) is 1. The molecule has 1 fully saturated rings. The lowest BCUT2D eigenvalue weighted by molar-refractivity contribution is -0.258. The standard InChI is InChI=1S/C46H40N6O9S/c1-51-45(48-49-50-51)62-28-34-27-59-44-46(58-2,43(57)52(44)37(34)42(56)61-39(32-19-11-5-12-20-32)33-21-13-6-14-22-33)47-40(54)36(29-23-25-35(53)26-24-29)41(55)60-38(30-15-7-3-8-16-30)31-17-9-4-10-18-31/h3-26,36,38-39,44,53H,27-28H2,1-2H3,(H,47,54)/t36?,44-,46+/m1/s1. The average molecular weight is 853 g/mol. The number of aryl methyl sites for hydroxylation is 1. The lowest BCUT2D eigenvalue weighted by atomic mass is 9.91. The molecule has 3 heterocycles. The summed E-state index contributed by atoms with van der Waals surface area (Å²) in [5.41, 5.74) is 0.961. The van der Waals surface area contributed by atoms with Crippen LogP contribution in [0.5, 0.6) is 5.75 Å². The number of benzene rings is 5. The van der Waals surface area contributed by atoms with Gasteiger partial charge in [-0.05, 0) is 55.9 Å². The van der Waals surface area contributed by atoms with Gasteiger partial charge in [0.25, 0.3) is 11.6 Å². The maximum Gasteiger partial charge on any atom is 0.356 e. The summed E-state index contributed by atoms with van der Waals surface area (Å²) in [6.45, 7) is -0.182. The van der Waals surface area contributed by atoms with Gasteiger partial charge in [0, 0.05) is 19.9 Å². The van der Waals surface area contributed by atoms with Gasteiger partial charge in [-0.2, -0.15) is 0 Å². The lowest BCUT2D eigenvalue weighted by Gasteiger charge is -2.55. The van der Waals surface area contributed by atoms with Gasteiger partial charge in [-0.3, -0.25) is 19.3 Å². The molecule has 2 N–H and O–H groups in total. The maximum atomic E-state index is 14.7. The van der Waals surface area contributed by atoms with Gasteiger partial charge in [0.2, 0.25) is 11.1 Å². The molecule has 1 aromatic heterocycles. The zero-order valence-electron chi connectivity index (χ0n) is 33.4. The first kappa shape index (κ1) is 41.6. The second-order valence-electron chi connectivity index (χ2n) is 14.4. The van der Waals surface area contributed by atoms with E-state index in [4.69, 9.17) is 18.9 Å². The number of methoxy groups -OCH3 is 1. The minimum atomic E-state index is -2.19. The summed E-state index contributed by atoms with van der Waals surface area (Å²) < 4.78 is 25.9. The number of hydrogen-bond donors (Lipinski definition) is 2. The summed E-state index contributed by atoms with van der Waals surface area (Å²) in [7, 11) is 2.88. The first-order valence-electron chi connectivity index (χ1n) is 19.5. The van der Waals surface area contributed by atoms with E-state index in [0.29, 0.717) is 33.0 Å². The Morgan fingerprint density at radius 2 is 1.31 bits per heavy atom. The van der Waals surface area contributed by atoms with Gasteiger partial charge in [0.05, 0.1) is 6.61 Å². The van der Waals surface area contributed by atoms with Gasteiger partial charge in [-0.25, -0.2) is 9.48 Å². The molecule has 314 valence electrons. The van der Waals surface area contributed by atoms with Crippen LogP contribution in [0.2, 0.25) is 0 Å². The second kappa shape index (κ2) is 18.2. The number of phenolic OH excluding ortho intramolecular Hbond substituents is 1. The van der Waals surface area contributed by atoms with Crippen LogP contribution in [-0.2, 0) is 45.2 Å². The van der Waals surface area contributed by atoms with Gasteiger partial charge in [-0.15, -0.1) is 5.10 Å². The first-order valence-corrected chi connectivity index (χ1v) is 20.5. The Morgan fingerprint density at radius 3 is 1.79 bits per heavy atom. The van der Waals surface area contributed by atoms with E-state index in [1.807, 2.05) is 97.1 Å². The number of amides is 2. The van der Waals surface area contributed by atoms with Crippen LogP contribution in [0.4, 0.5) is 0 Å². The predicted octanol–water partition coefficient (Wildman–Crippen LogP) is 5.37. The van der Waals surface area contributed by atoms with Crippen LogP contribution in [0.15, 0.2) is 162 Å². The number of aromatic hydroxyl groups is 1. The van der Waals surface area contributed by atoms with Crippen LogP contribution in [-0.4, -0.2) is 85.4 Å². The van der Waals surface area contributed by atoms with Crippen molar-refractivity contribution < 1.29 is 43.2 Å². The molecule has 0 aliphatic carbocycles. The van der Waals surface area contributed by atoms with E-state index in [0.717, 1.165) is 4.90 Å². The van der Waals surface area contributed by atoms with Gasteiger partial charge in [-0.1, -0.05) is 145 Å². The second-order valence-corrected chi connectivity index (χ2v) is 15.3. The third-order valence-electron chi connectivity index (χ3n) is 10.5. The molecule has 6 aromatic rings. The molecular weight excluding hydrogens is 813 g/mol. The highest BCUT2D eigenvalue weighted by Crippen LogP contribution is 2.43. The van der Waals surface area contributed by atoms with Crippen LogP contribution in [0.1, 0.15) is 45.9 Å². The van der Waals surface area contributed by atoms with E-state index in [2.05, 4.69) is 20.8 Å². The van der Waals surface area contributed by atoms with E-state index in [9.17, 15) is 24.3 Å². The van der Waals surface area contributed by atoms with Crippen LogP contribution in [0, 0.1) is 0 Å². The molecule has 5 aromatic carbocycles. The quantitative estimate of drug-likeness (QED) is 0.0443. The lowest BCUT2D eigenvalue weighted by Crippen LogP contribution is -2.83. The monoisotopic (exact) mass is 852 g/mol. The predicted molar refractivity (Wildman–Crippen MR) is 224 cm³/mol. The van der Waals surface area contributed by atoms with Crippen molar-refractivity contribution in [3.05, 3.63) is 185 Å². The van der Waals surface area contributed by atoms with Gasteiger partial charge in [0.1, 0.15) is 11.4 Å². The van der Waals surface area contributed by atoms with Crippen molar-refractivity contribution >= 4 is 35.5 Å². The highest BCUT2D eigenvalue weighted by molar-refractivity contribution is 7.99. The van der Waals surface area contributed by atoms with E-state index >= 15 is 0 Å². The van der Waals surface area contributed by atoms with Crippen molar-refractivity contribution in [2.45, 2.75) is 35.2 Å². The van der Waals surface area contributed by atoms with Crippen molar-refractivity contribution in [3.63, 3.8) is 0 Å². The molecule has 1 saturated heterocycles. The SMILES string of the molecule is CO[C@@]1(NC(=O)C(C(=O)OC(c2ccccc2)c2ccccc2)c2ccc(O)cc2)C(=O)N2C(C(=O)OC(c3ccccc3)c3ccccc3)=C(CSc3nnnn3C)CO[C@@H]21. The number of phenols is 1. The number of tetrazole rings is 1. The maximum absolute atomic E-state index is 14.7. The zero-order chi connectivity index (χ0) is 43.2. The average Bonchev–Trinajstić information content (AvgIpc) is 3.73. The third kappa shape index (κ3) is 8.30. The normalized spacial score (nSPS) is 17.6. The van der Waals surface area contributed by atoms with Crippen LogP contribution in [0.3, 0.4) is 0 Å². The molecule has 62 heavy (non-hydrogen) atoms.